The van der Waals surface area contributed by atoms with Crippen LogP contribution in [-0.4, -0.2) is 0 Å². The predicted molar refractivity (Wildman–Crippen MR) is 74.5 cm³/mol. The minimum atomic E-state index is 0.0413. The van der Waals surface area contributed by atoms with Gasteiger partial charge in [-0.15, -0.1) is 0 Å². The van der Waals surface area contributed by atoms with Crippen LogP contribution in [0.25, 0.3) is 0 Å². The standard InChI is InChI=1S/C17H20/c1-14(2)9-10-15-7-6-8-16(13-15)11-12-17(3,4)5/h6-8,13-14H,1-5H3. The molecule has 0 amide bonds. The number of hydrogen-bond donors (Lipinski definition) is 0. The highest BCUT2D eigenvalue weighted by Gasteiger charge is 2.03. The van der Waals surface area contributed by atoms with E-state index >= 15 is 0 Å². The molecule has 0 aliphatic carbocycles. The predicted octanol–water partition coefficient (Wildman–Crippen LogP) is 4.09. The maximum Gasteiger partial charge on any atom is 0.0257 e. The number of benzene rings is 1. The smallest absolute Gasteiger partial charge is 0.0257 e. The Morgan fingerprint density at radius 2 is 1.59 bits per heavy atom. The van der Waals surface area contributed by atoms with Crippen LogP contribution in [0.2, 0.25) is 0 Å². The van der Waals surface area contributed by atoms with Crippen molar-refractivity contribution >= 4 is 0 Å². The van der Waals surface area contributed by atoms with E-state index < -0.39 is 0 Å². The molecule has 0 bridgehead atoms. The molecule has 0 fully saturated rings. The van der Waals surface area contributed by atoms with E-state index in [2.05, 4.69) is 58.3 Å². The fourth-order valence-corrected chi connectivity index (χ4v) is 1.16. The molecule has 1 rings (SSSR count). The van der Waals surface area contributed by atoms with Crippen molar-refractivity contribution in [3.05, 3.63) is 35.4 Å². The van der Waals surface area contributed by atoms with Crippen LogP contribution in [-0.2, 0) is 0 Å². The van der Waals surface area contributed by atoms with Crippen LogP contribution in [0.3, 0.4) is 0 Å². The fraction of sp³-hybridized carbons (Fsp3) is 0.412. The van der Waals surface area contributed by atoms with Gasteiger partial charge in [0.25, 0.3) is 0 Å². The Labute approximate surface area is 105 Å². The van der Waals surface area contributed by atoms with Crippen molar-refractivity contribution in [1.82, 2.24) is 0 Å². The molecule has 1 aromatic rings. The average Bonchev–Trinajstić information content (AvgIpc) is 2.23. The van der Waals surface area contributed by atoms with Gasteiger partial charge in [0.2, 0.25) is 0 Å². The summed E-state index contributed by atoms with van der Waals surface area (Å²) in [6.07, 6.45) is 0. The van der Waals surface area contributed by atoms with Crippen molar-refractivity contribution in [1.29, 1.82) is 0 Å². The number of hydrogen-bond acceptors (Lipinski definition) is 0. The minimum absolute atomic E-state index is 0.0413. The Bertz CT molecular complexity index is 491. The zero-order chi connectivity index (χ0) is 12.9. The molecule has 0 radical (unpaired) electrons. The third-order valence-electron chi connectivity index (χ3n) is 1.95. The van der Waals surface area contributed by atoms with Crippen LogP contribution >= 0.6 is 0 Å². The second-order valence-corrected chi connectivity index (χ2v) is 5.50. The Morgan fingerprint density at radius 1 is 1.00 bits per heavy atom. The SMILES string of the molecule is CC(C)C#Cc1cccc(C#CC(C)(C)C)c1. The second-order valence-electron chi connectivity index (χ2n) is 5.50. The van der Waals surface area contributed by atoms with Crippen molar-refractivity contribution in [2.45, 2.75) is 34.6 Å². The van der Waals surface area contributed by atoms with Crippen LogP contribution < -0.4 is 0 Å². The van der Waals surface area contributed by atoms with Gasteiger partial charge >= 0.3 is 0 Å². The topological polar surface area (TPSA) is 0 Å². The maximum atomic E-state index is 3.23. The van der Waals surface area contributed by atoms with E-state index in [1.807, 2.05) is 24.3 Å². The minimum Gasteiger partial charge on any atom is -0.0951 e. The first-order chi connectivity index (χ1) is 7.87. The molecule has 0 spiro atoms. The van der Waals surface area contributed by atoms with Crippen molar-refractivity contribution < 1.29 is 0 Å². The first-order valence-electron chi connectivity index (χ1n) is 6.01. The Morgan fingerprint density at radius 3 is 2.12 bits per heavy atom. The van der Waals surface area contributed by atoms with E-state index in [9.17, 15) is 0 Å². The molecule has 0 aromatic heterocycles. The lowest BCUT2D eigenvalue weighted by atomic mass is 9.97. The Kier molecular flexibility index (Phi) is 4.42. The molecular weight excluding hydrogens is 204 g/mol. The van der Waals surface area contributed by atoms with Gasteiger partial charge in [0, 0.05) is 22.5 Å². The molecule has 0 heteroatoms. The third-order valence-corrected chi connectivity index (χ3v) is 1.95. The molecule has 0 heterocycles. The molecule has 88 valence electrons. The van der Waals surface area contributed by atoms with Crippen molar-refractivity contribution in [3.63, 3.8) is 0 Å². The van der Waals surface area contributed by atoms with Gasteiger partial charge < -0.3 is 0 Å². The molecule has 0 saturated carbocycles. The van der Waals surface area contributed by atoms with Gasteiger partial charge in [-0.05, 0) is 39.0 Å². The lowest BCUT2D eigenvalue weighted by Gasteiger charge is -2.06. The monoisotopic (exact) mass is 224 g/mol. The molecule has 1 aromatic carbocycles. The van der Waals surface area contributed by atoms with Crippen LogP contribution in [0, 0.1) is 35.0 Å². The van der Waals surface area contributed by atoms with Gasteiger partial charge in [0.05, 0.1) is 0 Å². The van der Waals surface area contributed by atoms with E-state index in [4.69, 9.17) is 0 Å². The largest absolute Gasteiger partial charge is 0.0951 e. The zero-order valence-corrected chi connectivity index (χ0v) is 11.4. The van der Waals surface area contributed by atoms with Gasteiger partial charge in [0.15, 0.2) is 0 Å². The lowest BCUT2D eigenvalue weighted by molar-refractivity contribution is 0.571. The summed E-state index contributed by atoms with van der Waals surface area (Å²) in [5.41, 5.74) is 2.12. The van der Waals surface area contributed by atoms with Crippen molar-refractivity contribution in [2.24, 2.45) is 11.3 Å². The second kappa shape index (κ2) is 5.60. The summed E-state index contributed by atoms with van der Waals surface area (Å²) < 4.78 is 0. The summed E-state index contributed by atoms with van der Waals surface area (Å²) in [7, 11) is 0. The summed E-state index contributed by atoms with van der Waals surface area (Å²) in [6.45, 7) is 10.5. The van der Waals surface area contributed by atoms with Gasteiger partial charge in [-0.1, -0.05) is 43.6 Å². The molecular formula is C17H20. The molecule has 17 heavy (non-hydrogen) atoms. The number of rotatable bonds is 0. The highest BCUT2D eigenvalue weighted by molar-refractivity contribution is 5.44. The quantitative estimate of drug-likeness (QED) is 0.582. The van der Waals surface area contributed by atoms with E-state index in [1.165, 1.54) is 0 Å². The summed E-state index contributed by atoms with van der Waals surface area (Å²) in [6, 6.07) is 8.11. The average molecular weight is 224 g/mol. The van der Waals surface area contributed by atoms with Gasteiger partial charge in [0.1, 0.15) is 0 Å². The van der Waals surface area contributed by atoms with E-state index in [0.717, 1.165) is 11.1 Å². The fourth-order valence-electron chi connectivity index (χ4n) is 1.16. The Hall–Kier alpha value is -1.66. The van der Waals surface area contributed by atoms with E-state index in [1.54, 1.807) is 0 Å². The first-order valence-corrected chi connectivity index (χ1v) is 6.01. The van der Waals surface area contributed by atoms with Crippen molar-refractivity contribution in [3.8, 4) is 23.7 Å². The molecule has 0 unspecified atom stereocenters. The highest BCUT2D eigenvalue weighted by Crippen LogP contribution is 2.11. The van der Waals surface area contributed by atoms with Gasteiger partial charge in [-0.25, -0.2) is 0 Å². The molecule has 0 aliphatic rings. The van der Waals surface area contributed by atoms with Gasteiger partial charge in [-0.3, -0.25) is 0 Å². The Balaban J connectivity index is 2.94. The molecule has 0 saturated heterocycles. The van der Waals surface area contributed by atoms with Crippen LogP contribution in [0.4, 0.5) is 0 Å². The zero-order valence-electron chi connectivity index (χ0n) is 11.4. The maximum absolute atomic E-state index is 3.23. The van der Waals surface area contributed by atoms with Crippen LogP contribution in [0.15, 0.2) is 24.3 Å². The molecule has 0 atom stereocenters. The van der Waals surface area contributed by atoms with Crippen molar-refractivity contribution in [2.75, 3.05) is 0 Å². The first kappa shape index (κ1) is 13.4. The highest BCUT2D eigenvalue weighted by atomic mass is 14.1. The van der Waals surface area contributed by atoms with Crippen LogP contribution in [0.5, 0.6) is 0 Å². The normalized spacial score (nSPS) is 10.2. The van der Waals surface area contributed by atoms with Crippen LogP contribution in [0.1, 0.15) is 45.7 Å². The summed E-state index contributed by atoms with van der Waals surface area (Å²) in [5, 5.41) is 0. The van der Waals surface area contributed by atoms with E-state index in [-0.39, 0.29) is 5.41 Å². The van der Waals surface area contributed by atoms with Gasteiger partial charge in [-0.2, -0.15) is 0 Å². The molecule has 0 N–H and O–H groups in total. The summed E-state index contributed by atoms with van der Waals surface area (Å²) in [5.74, 6) is 13.2. The lowest BCUT2D eigenvalue weighted by Crippen LogP contribution is -1.99. The molecule has 0 aliphatic heterocycles. The molecule has 0 nitrogen and oxygen atoms in total. The third kappa shape index (κ3) is 5.84. The summed E-state index contributed by atoms with van der Waals surface area (Å²) >= 11 is 0. The van der Waals surface area contributed by atoms with E-state index in [0.29, 0.717) is 5.92 Å². The summed E-state index contributed by atoms with van der Waals surface area (Å²) in [4.78, 5) is 0.